The van der Waals surface area contributed by atoms with E-state index in [1.807, 2.05) is 24.3 Å². The Hall–Kier alpha value is -1.79. The van der Waals surface area contributed by atoms with Crippen LogP contribution < -0.4 is 15.4 Å². The van der Waals surface area contributed by atoms with E-state index in [0.29, 0.717) is 17.9 Å². The molecule has 3 rings (SSSR count). The average Bonchev–Trinajstić information content (AvgIpc) is 3.10. The van der Waals surface area contributed by atoms with Gasteiger partial charge in [-0.1, -0.05) is 35.9 Å². The van der Waals surface area contributed by atoms with E-state index in [1.165, 1.54) is 12.5 Å². The molecule has 2 aromatic carbocycles. The minimum atomic E-state index is -0.599. The van der Waals surface area contributed by atoms with Gasteiger partial charge in [-0.05, 0) is 61.1 Å². The van der Waals surface area contributed by atoms with Crippen molar-refractivity contribution in [3.8, 4) is 5.75 Å². The Kier molecular flexibility index (Phi) is 8.78. The van der Waals surface area contributed by atoms with Gasteiger partial charge in [-0.3, -0.25) is 4.79 Å². The van der Waals surface area contributed by atoms with Gasteiger partial charge in [0.05, 0.1) is 11.8 Å². The van der Waals surface area contributed by atoms with E-state index in [2.05, 4.69) is 22.8 Å². The predicted octanol–water partition coefficient (Wildman–Crippen LogP) is 4.07. The number of ether oxygens (including phenoxy) is 1. The van der Waals surface area contributed by atoms with E-state index in [4.69, 9.17) is 16.3 Å². The molecule has 1 amide bonds. The first-order chi connectivity index (χ1) is 13.5. The maximum absolute atomic E-state index is 11.3. The van der Waals surface area contributed by atoms with Gasteiger partial charge in [0.2, 0.25) is 5.91 Å². The fraction of sp³-hybridized carbons (Fsp3) is 0.409. The van der Waals surface area contributed by atoms with Crippen LogP contribution in [0.25, 0.3) is 0 Å². The molecule has 0 saturated carbocycles. The van der Waals surface area contributed by atoms with Gasteiger partial charge in [-0.2, -0.15) is 0 Å². The predicted molar refractivity (Wildman–Crippen MR) is 119 cm³/mol. The van der Waals surface area contributed by atoms with Crippen LogP contribution in [0.2, 0.25) is 5.02 Å². The third-order valence-electron chi connectivity index (χ3n) is 5.12. The zero-order chi connectivity index (χ0) is 20.0. The van der Waals surface area contributed by atoms with Gasteiger partial charge >= 0.3 is 0 Å². The Morgan fingerprint density at radius 1 is 1.28 bits per heavy atom. The summed E-state index contributed by atoms with van der Waals surface area (Å²) in [6.07, 6.45) is 1.94. The van der Waals surface area contributed by atoms with Gasteiger partial charge in [0.1, 0.15) is 12.4 Å². The minimum absolute atomic E-state index is 0. The van der Waals surface area contributed by atoms with E-state index in [1.54, 1.807) is 12.1 Å². The molecule has 5 nitrogen and oxygen atoms in total. The second kappa shape index (κ2) is 10.8. The molecule has 158 valence electrons. The monoisotopic (exact) mass is 438 g/mol. The van der Waals surface area contributed by atoms with Crippen molar-refractivity contribution in [1.29, 1.82) is 0 Å². The number of carbonyl (C=O) groups is 1. The van der Waals surface area contributed by atoms with Crippen LogP contribution in [0.3, 0.4) is 0 Å². The Bertz CT molecular complexity index is 793. The summed E-state index contributed by atoms with van der Waals surface area (Å²) in [7, 11) is 0. The van der Waals surface area contributed by atoms with Crippen LogP contribution in [-0.4, -0.2) is 36.8 Å². The Morgan fingerprint density at radius 2 is 2.00 bits per heavy atom. The molecule has 0 spiro atoms. The van der Waals surface area contributed by atoms with Gasteiger partial charge in [-0.15, -0.1) is 12.4 Å². The number of amides is 1. The van der Waals surface area contributed by atoms with Crippen molar-refractivity contribution in [2.24, 2.45) is 5.41 Å². The second-order valence-electron chi connectivity index (χ2n) is 7.58. The number of aliphatic hydroxyl groups is 1. The number of hydrogen-bond acceptors (Lipinski definition) is 4. The molecule has 1 aliphatic rings. The van der Waals surface area contributed by atoms with Gasteiger partial charge in [0.25, 0.3) is 0 Å². The summed E-state index contributed by atoms with van der Waals surface area (Å²) in [4.78, 5) is 11.3. The van der Waals surface area contributed by atoms with Crippen molar-refractivity contribution in [1.82, 2.24) is 5.32 Å². The molecule has 0 unspecified atom stereocenters. The SMILES string of the molecule is CC(=O)Nc1ccccc1OC[C@@H](O)C[C@@]1(Cc2ccc(Cl)cc2)CCNC1.Cl. The van der Waals surface area contributed by atoms with Gasteiger partial charge in [0, 0.05) is 18.5 Å². The molecule has 7 heteroatoms. The summed E-state index contributed by atoms with van der Waals surface area (Å²) >= 11 is 6.00. The lowest BCUT2D eigenvalue weighted by Crippen LogP contribution is -2.33. The molecule has 1 heterocycles. The standard InChI is InChI=1S/C22H27ClN2O3.ClH/c1-16(26)25-20-4-2-3-5-21(20)28-14-19(27)13-22(10-11-24-15-22)12-17-6-8-18(23)9-7-17;/h2-9,19,24,27H,10-15H2,1H3,(H,25,26);1H/t19-,22-;/m0./s1. The van der Waals surface area contributed by atoms with Crippen molar-refractivity contribution < 1.29 is 14.6 Å². The van der Waals surface area contributed by atoms with E-state index in [-0.39, 0.29) is 30.3 Å². The number of halogens is 2. The highest BCUT2D eigenvalue weighted by molar-refractivity contribution is 6.30. The minimum Gasteiger partial charge on any atom is -0.489 e. The quantitative estimate of drug-likeness (QED) is 0.580. The topological polar surface area (TPSA) is 70.6 Å². The summed E-state index contributed by atoms with van der Waals surface area (Å²) in [5.41, 5.74) is 1.83. The molecule has 2 atom stereocenters. The first-order valence-electron chi connectivity index (χ1n) is 9.58. The van der Waals surface area contributed by atoms with Crippen molar-refractivity contribution in [2.45, 2.75) is 32.3 Å². The largest absolute Gasteiger partial charge is 0.489 e. The van der Waals surface area contributed by atoms with Crippen molar-refractivity contribution >= 4 is 35.6 Å². The lowest BCUT2D eigenvalue weighted by molar-refractivity contribution is -0.114. The first-order valence-corrected chi connectivity index (χ1v) is 9.96. The highest BCUT2D eigenvalue weighted by atomic mass is 35.5. The van der Waals surface area contributed by atoms with Crippen LogP contribution in [0, 0.1) is 5.41 Å². The number of carbonyl (C=O) groups excluding carboxylic acids is 1. The summed E-state index contributed by atoms with van der Waals surface area (Å²) in [5.74, 6) is 0.406. The second-order valence-corrected chi connectivity index (χ2v) is 8.01. The Balaban J connectivity index is 0.00000300. The molecule has 0 bridgehead atoms. The summed E-state index contributed by atoms with van der Waals surface area (Å²) in [6, 6.07) is 15.2. The molecule has 3 N–H and O–H groups in total. The van der Waals surface area contributed by atoms with Crippen molar-refractivity contribution in [2.75, 3.05) is 25.0 Å². The van der Waals surface area contributed by atoms with Crippen LogP contribution in [0.15, 0.2) is 48.5 Å². The lowest BCUT2D eigenvalue weighted by Gasteiger charge is -2.31. The lowest BCUT2D eigenvalue weighted by atomic mass is 9.76. The third-order valence-corrected chi connectivity index (χ3v) is 5.37. The van der Waals surface area contributed by atoms with Crippen LogP contribution >= 0.6 is 24.0 Å². The normalized spacial score (nSPS) is 19.3. The molecular formula is C22H28Cl2N2O3. The molecule has 0 aromatic heterocycles. The zero-order valence-corrected chi connectivity index (χ0v) is 18.1. The smallest absolute Gasteiger partial charge is 0.221 e. The zero-order valence-electron chi connectivity index (χ0n) is 16.5. The highest BCUT2D eigenvalue weighted by Gasteiger charge is 2.36. The molecule has 0 aliphatic carbocycles. The van der Waals surface area contributed by atoms with E-state index >= 15 is 0 Å². The number of anilines is 1. The van der Waals surface area contributed by atoms with Crippen molar-refractivity contribution in [3.05, 3.63) is 59.1 Å². The number of benzene rings is 2. The fourth-order valence-corrected chi connectivity index (χ4v) is 3.98. The number of nitrogens with one attached hydrogen (secondary N) is 2. The molecule has 0 radical (unpaired) electrons. The van der Waals surface area contributed by atoms with E-state index < -0.39 is 6.10 Å². The third kappa shape index (κ3) is 6.89. The molecule has 29 heavy (non-hydrogen) atoms. The van der Waals surface area contributed by atoms with Gasteiger partial charge in [-0.25, -0.2) is 0 Å². The molecule has 1 fully saturated rings. The maximum atomic E-state index is 11.3. The van der Waals surface area contributed by atoms with Crippen molar-refractivity contribution in [3.63, 3.8) is 0 Å². The van der Waals surface area contributed by atoms with Crippen LogP contribution in [0.5, 0.6) is 5.75 Å². The molecule has 2 aromatic rings. The summed E-state index contributed by atoms with van der Waals surface area (Å²) < 4.78 is 5.82. The number of rotatable bonds is 8. The average molecular weight is 439 g/mol. The number of hydrogen-bond donors (Lipinski definition) is 3. The fourth-order valence-electron chi connectivity index (χ4n) is 3.86. The van der Waals surface area contributed by atoms with Crippen LogP contribution in [-0.2, 0) is 11.2 Å². The summed E-state index contributed by atoms with van der Waals surface area (Å²) in [5, 5.41) is 17.6. The van der Waals surface area contributed by atoms with Crippen LogP contribution in [0.1, 0.15) is 25.3 Å². The number of aliphatic hydroxyl groups excluding tert-OH is 1. The first kappa shape index (κ1) is 23.5. The van der Waals surface area contributed by atoms with E-state index in [9.17, 15) is 9.90 Å². The Labute approximate surface area is 183 Å². The van der Waals surface area contributed by atoms with Gasteiger partial charge in [0.15, 0.2) is 0 Å². The molecule has 1 aliphatic heterocycles. The molecular weight excluding hydrogens is 411 g/mol. The maximum Gasteiger partial charge on any atom is 0.221 e. The van der Waals surface area contributed by atoms with Gasteiger partial charge < -0.3 is 20.5 Å². The summed E-state index contributed by atoms with van der Waals surface area (Å²) in [6.45, 7) is 3.46. The number of para-hydroxylation sites is 2. The van der Waals surface area contributed by atoms with E-state index in [0.717, 1.165) is 31.0 Å². The molecule has 1 saturated heterocycles. The Morgan fingerprint density at radius 3 is 2.66 bits per heavy atom. The van der Waals surface area contributed by atoms with Crippen LogP contribution in [0.4, 0.5) is 5.69 Å². The highest BCUT2D eigenvalue weighted by Crippen LogP contribution is 2.35.